The summed E-state index contributed by atoms with van der Waals surface area (Å²) < 4.78 is 2.90. The molecule has 4 nitrogen and oxygen atoms in total. The van der Waals surface area contributed by atoms with E-state index in [4.69, 9.17) is 11.0 Å². The van der Waals surface area contributed by atoms with E-state index in [-0.39, 0.29) is 0 Å². The van der Waals surface area contributed by atoms with Crippen LogP contribution in [0.25, 0.3) is 0 Å². The quantitative estimate of drug-likeness (QED) is 0.912. The predicted octanol–water partition coefficient (Wildman–Crippen LogP) is 1.89. The SMILES string of the molecule is Cc1nn(CCC(C)(N)C#N)c(C)c1Br. The maximum atomic E-state index is 8.79. The van der Waals surface area contributed by atoms with E-state index >= 15 is 0 Å². The highest BCUT2D eigenvalue weighted by Gasteiger charge is 2.18. The van der Waals surface area contributed by atoms with Crippen LogP contribution in [-0.2, 0) is 6.54 Å². The summed E-state index contributed by atoms with van der Waals surface area (Å²) in [6.07, 6.45) is 0.595. The summed E-state index contributed by atoms with van der Waals surface area (Å²) in [5.74, 6) is 0. The smallest absolute Gasteiger partial charge is 0.103 e. The van der Waals surface area contributed by atoms with Gasteiger partial charge in [0.1, 0.15) is 5.54 Å². The van der Waals surface area contributed by atoms with Crippen molar-refractivity contribution in [2.75, 3.05) is 0 Å². The molecule has 2 N–H and O–H groups in total. The van der Waals surface area contributed by atoms with Gasteiger partial charge >= 0.3 is 0 Å². The molecule has 1 aromatic heterocycles. The van der Waals surface area contributed by atoms with Gasteiger partial charge in [0.25, 0.3) is 0 Å². The minimum atomic E-state index is -0.779. The highest BCUT2D eigenvalue weighted by Crippen LogP contribution is 2.20. The molecular formula is C10H15BrN4. The van der Waals surface area contributed by atoms with Crippen molar-refractivity contribution in [3.8, 4) is 6.07 Å². The molecule has 1 atom stereocenters. The zero-order valence-electron chi connectivity index (χ0n) is 9.21. The Hall–Kier alpha value is -0.860. The lowest BCUT2D eigenvalue weighted by molar-refractivity contribution is 0.460. The van der Waals surface area contributed by atoms with Crippen molar-refractivity contribution in [2.45, 2.75) is 39.3 Å². The molecule has 0 aliphatic heterocycles. The number of halogens is 1. The molecule has 1 aromatic rings. The zero-order chi connectivity index (χ0) is 11.6. The van der Waals surface area contributed by atoms with Crippen LogP contribution in [0.5, 0.6) is 0 Å². The molecule has 0 aromatic carbocycles. The van der Waals surface area contributed by atoms with Gasteiger partial charge in [-0.1, -0.05) is 0 Å². The second-order valence-corrected chi connectivity index (χ2v) is 4.78. The summed E-state index contributed by atoms with van der Waals surface area (Å²) in [7, 11) is 0. The van der Waals surface area contributed by atoms with Gasteiger partial charge in [0, 0.05) is 12.2 Å². The van der Waals surface area contributed by atoms with E-state index in [1.807, 2.05) is 18.5 Å². The zero-order valence-corrected chi connectivity index (χ0v) is 10.8. The lowest BCUT2D eigenvalue weighted by atomic mass is 10.0. The van der Waals surface area contributed by atoms with Crippen LogP contribution in [0.3, 0.4) is 0 Å². The Labute approximate surface area is 98.2 Å². The molecule has 15 heavy (non-hydrogen) atoms. The molecule has 0 amide bonds. The fraction of sp³-hybridized carbons (Fsp3) is 0.600. The number of nitrogens with zero attached hydrogens (tertiary/aromatic N) is 3. The first-order valence-electron chi connectivity index (χ1n) is 4.77. The first kappa shape index (κ1) is 12.2. The van der Waals surface area contributed by atoms with Crippen molar-refractivity contribution >= 4 is 15.9 Å². The number of nitrogens with two attached hydrogens (primary N) is 1. The Morgan fingerprint density at radius 2 is 2.20 bits per heavy atom. The molecule has 0 aliphatic rings. The van der Waals surface area contributed by atoms with Crippen LogP contribution < -0.4 is 5.73 Å². The fourth-order valence-electron chi connectivity index (χ4n) is 1.29. The van der Waals surface area contributed by atoms with Crippen LogP contribution in [0.2, 0.25) is 0 Å². The summed E-state index contributed by atoms with van der Waals surface area (Å²) in [6.45, 7) is 6.33. The molecule has 1 rings (SSSR count). The van der Waals surface area contributed by atoms with E-state index < -0.39 is 5.54 Å². The Kier molecular flexibility index (Phi) is 3.53. The standard InChI is InChI=1S/C10H15BrN4/c1-7-9(11)8(2)15(14-7)5-4-10(3,13)6-12/h4-5,13H2,1-3H3. The van der Waals surface area contributed by atoms with Gasteiger partial charge < -0.3 is 5.73 Å². The Bertz CT molecular complexity index is 400. The van der Waals surface area contributed by atoms with E-state index in [0.717, 1.165) is 15.9 Å². The average Bonchev–Trinajstić information content (AvgIpc) is 2.43. The maximum absolute atomic E-state index is 8.79. The molecule has 1 unspecified atom stereocenters. The minimum Gasteiger partial charge on any atom is -0.314 e. The molecule has 0 aliphatic carbocycles. The van der Waals surface area contributed by atoms with Crippen LogP contribution >= 0.6 is 15.9 Å². The summed E-state index contributed by atoms with van der Waals surface area (Å²) >= 11 is 3.46. The molecule has 5 heteroatoms. The summed E-state index contributed by atoms with van der Waals surface area (Å²) in [5, 5.41) is 13.1. The largest absolute Gasteiger partial charge is 0.314 e. The van der Waals surface area contributed by atoms with Crippen molar-refractivity contribution in [3.63, 3.8) is 0 Å². The van der Waals surface area contributed by atoms with Crippen LogP contribution in [0, 0.1) is 25.2 Å². The van der Waals surface area contributed by atoms with Crippen LogP contribution in [0.4, 0.5) is 0 Å². The molecule has 0 bridgehead atoms. The molecule has 82 valence electrons. The van der Waals surface area contributed by atoms with Gasteiger partial charge in [0.2, 0.25) is 0 Å². The monoisotopic (exact) mass is 270 g/mol. The highest BCUT2D eigenvalue weighted by atomic mass is 79.9. The first-order valence-corrected chi connectivity index (χ1v) is 5.56. The topological polar surface area (TPSA) is 67.6 Å². The Morgan fingerprint density at radius 3 is 2.60 bits per heavy atom. The Morgan fingerprint density at radius 1 is 1.60 bits per heavy atom. The van der Waals surface area contributed by atoms with Gasteiger partial charge in [-0.15, -0.1) is 0 Å². The first-order chi connectivity index (χ1) is 6.87. The number of aryl methyl sites for hydroxylation is 2. The number of hydrogen-bond acceptors (Lipinski definition) is 3. The lowest BCUT2D eigenvalue weighted by Gasteiger charge is -2.15. The molecule has 0 radical (unpaired) electrons. The number of nitriles is 1. The third-order valence-electron chi connectivity index (χ3n) is 2.39. The molecule has 0 saturated carbocycles. The third-order valence-corrected chi connectivity index (χ3v) is 3.54. The number of hydrogen-bond donors (Lipinski definition) is 1. The van der Waals surface area contributed by atoms with Crippen molar-refractivity contribution in [2.24, 2.45) is 5.73 Å². The van der Waals surface area contributed by atoms with Crippen LogP contribution in [-0.4, -0.2) is 15.3 Å². The molecule has 1 heterocycles. The summed E-state index contributed by atoms with van der Waals surface area (Å²) in [4.78, 5) is 0. The van der Waals surface area contributed by atoms with Gasteiger partial charge in [-0.3, -0.25) is 4.68 Å². The molecular weight excluding hydrogens is 256 g/mol. The second kappa shape index (κ2) is 4.33. The molecule has 0 saturated heterocycles. The van der Waals surface area contributed by atoms with Gasteiger partial charge in [0.15, 0.2) is 0 Å². The lowest BCUT2D eigenvalue weighted by Crippen LogP contribution is -2.35. The van der Waals surface area contributed by atoms with E-state index in [1.165, 1.54) is 0 Å². The second-order valence-electron chi connectivity index (χ2n) is 3.99. The molecule has 0 fully saturated rings. The third kappa shape index (κ3) is 2.80. The van der Waals surface area contributed by atoms with Crippen molar-refractivity contribution in [1.82, 2.24) is 9.78 Å². The van der Waals surface area contributed by atoms with Crippen molar-refractivity contribution in [3.05, 3.63) is 15.9 Å². The predicted molar refractivity (Wildman–Crippen MR) is 62.2 cm³/mol. The fourth-order valence-corrected chi connectivity index (χ4v) is 1.57. The average molecular weight is 271 g/mol. The van der Waals surface area contributed by atoms with Crippen LogP contribution in [0.15, 0.2) is 4.47 Å². The van der Waals surface area contributed by atoms with Gasteiger partial charge in [-0.05, 0) is 43.1 Å². The van der Waals surface area contributed by atoms with Crippen LogP contribution in [0.1, 0.15) is 24.7 Å². The van der Waals surface area contributed by atoms with Gasteiger partial charge in [0.05, 0.1) is 16.2 Å². The summed E-state index contributed by atoms with van der Waals surface area (Å²) in [5.41, 5.74) is 7.00. The van der Waals surface area contributed by atoms with Gasteiger partial charge in [-0.2, -0.15) is 10.4 Å². The van der Waals surface area contributed by atoms with Crippen molar-refractivity contribution in [1.29, 1.82) is 5.26 Å². The van der Waals surface area contributed by atoms with Crippen molar-refractivity contribution < 1.29 is 0 Å². The number of rotatable bonds is 3. The Balaban J connectivity index is 2.75. The maximum Gasteiger partial charge on any atom is 0.103 e. The van der Waals surface area contributed by atoms with E-state index in [0.29, 0.717) is 13.0 Å². The highest BCUT2D eigenvalue weighted by molar-refractivity contribution is 9.10. The van der Waals surface area contributed by atoms with E-state index in [9.17, 15) is 0 Å². The summed E-state index contributed by atoms with van der Waals surface area (Å²) in [6, 6.07) is 2.08. The normalized spacial score (nSPS) is 14.7. The van der Waals surface area contributed by atoms with E-state index in [1.54, 1.807) is 6.92 Å². The van der Waals surface area contributed by atoms with Gasteiger partial charge in [-0.25, -0.2) is 0 Å². The van der Waals surface area contributed by atoms with E-state index in [2.05, 4.69) is 27.1 Å². The molecule has 0 spiro atoms. The minimum absolute atomic E-state index is 0.595. The number of aromatic nitrogens is 2.